The lowest BCUT2D eigenvalue weighted by Gasteiger charge is -2.34. The second-order valence-corrected chi connectivity index (χ2v) is 9.04. The summed E-state index contributed by atoms with van der Waals surface area (Å²) in [5, 5.41) is 8.69. The summed E-state index contributed by atoms with van der Waals surface area (Å²) in [5.74, 6) is 2.64. The van der Waals surface area contributed by atoms with Gasteiger partial charge in [-0.15, -0.1) is 10.2 Å². The fraction of sp³-hybridized carbons (Fsp3) is 0.619. The highest BCUT2D eigenvalue weighted by atomic mass is 16.5. The van der Waals surface area contributed by atoms with E-state index in [0.717, 1.165) is 47.7 Å². The molecule has 29 heavy (non-hydrogen) atoms. The Bertz CT molecular complexity index is 1030. The number of carbonyl (C=O) groups excluding carboxylic acids is 2. The predicted octanol–water partition coefficient (Wildman–Crippen LogP) is 2.13. The van der Waals surface area contributed by atoms with Gasteiger partial charge in [0.25, 0.3) is 5.91 Å². The van der Waals surface area contributed by atoms with Crippen molar-refractivity contribution >= 4 is 11.7 Å². The highest BCUT2D eigenvalue weighted by Crippen LogP contribution is 2.42. The fourth-order valence-electron chi connectivity index (χ4n) is 5.23. The molecule has 1 spiro atoms. The van der Waals surface area contributed by atoms with Gasteiger partial charge in [0.2, 0.25) is 0 Å². The molecule has 1 N–H and O–H groups in total. The van der Waals surface area contributed by atoms with Crippen LogP contribution in [0.4, 0.5) is 0 Å². The van der Waals surface area contributed by atoms with Crippen molar-refractivity contribution in [2.75, 3.05) is 13.1 Å². The smallest absolute Gasteiger partial charge is 0.270 e. The first-order chi connectivity index (χ1) is 14.0. The zero-order valence-corrected chi connectivity index (χ0v) is 16.7. The van der Waals surface area contributed by atoms with Crippen molar-refractivity contribution in [3.63, 3.8) is 0 Å². The zero-order chi connectivity index (χ0) is 19.8. The van der Waals surface area contributed by atoms with Crippen LogP contribution in [0.1, 0.15) is 81.8 Å². The number of likely N-dealkylation sites (tertiary alicyclic amines) is 1. The molecule has 2 aliphatic carbocycles. The van der Waals surface area contributed by atoms with E-state index in [9.17, 15) is 9.59 Å². The van der Waals surface area contributed by atoms with E-state index < -0.39 is 0 Å². The number of H-pyrrole nitrogens is 1. The van der Waals surface area contributed by atoms with E-state index in [2.05, 4.69) is 19.7 Å². The van der Waals surface area contributed by atoms with Gasteiger partial charge < -0.3 is 19.2 Å². The molecule has 1 saturated carbocycles. The number of ketones is 1. The van der Waals surface area contributed by atoms with Gasteiger partial charge in [0.05, 0.1) is 13.1 Å². The molecule has 1 amide bonds. The topological polar surface area (TPSA) is 93.1 Å². The molecular formula is C21H25N5O3. The van der Waals surface area contributed by atoms with Crippen LogP contribution in [0.3, 0.4) is 0 Å². The average molecular weight is 395 g/mol. The maximum atomic E-state index is 13.3. The van der Waals surface area contributed by atoms with Crippen LogP contribution in [-0.4, -0.2) is 55.0 Å². The molecule has 8 nitrogen and oxygen atoms in total. The van der Waals surface area contributed by atoms with Crippen LogP contribution in [0, 0.1) is 6.92 Å². The zero-order valence-electron chi connectivity index (χ0n) is 16.7. The quantitative estimate of drug-likeness (QED) is 0.841. The van der Waals surface area contributed by atoms with Crippen LogP contribution in [0.2, 0.25) is 0 Å². The van der Waals surface area contributed by atoms with Gasteiger partial charge in [-0.25, -0.2) is 0 Å². The molecule has 0 aromatic carbocycles. The number of aromatic nitrogens is 4. The summed E-state index contributed by atoms with van der Waals surface area (Å²) in [4.78, 5) is 30.7. The monoisotopic (exact) mass is 395 g/mol. The largest absolute Gasteiger partial charge is 0.363 e. The minimum absolute atomic E-state index is 0.0258. The average Bonchev–Trinajstić information content (AvgIpc) is 3.20. The number of fused-ring (bicyclic) bond motifs is 2. The van der Waals surface area contributed by atoms with Crippen LogP contribution in [0.25, 0.3) is 0 Å². The van der Waals surface area contributed by atoms with E-state index >= 15 is 0 Å². The summed E-state index contributed by atoms with van der Waals surface area (Å²) >= 11 is 0. The molecule has 1 atom stereocenters. The lowest BCUT2D eigenvalue weighted by atomic mass is 9.94. The van der Waals surface area contributed by atoms with Crippen LogP contribution in [0.5, 0.6) is 0 Å². The molecule has 1 unspecified atom stereocenters. The number of hydrogen-bond acceptors (Lipinski definition) is 5. The SMILES string of the molecule is Cc1c(C(=O)N2CCC3(C2)Cn2c(nnc2C2CC2)CO3)[nH]c2c1C(=O)CCC2. The molecular weight excluding hydrogens is 370 g/mol. The van der Waals surface area contributed by atoms with Crippen molar-refractivity contribution in [3.05, 3.63) is 34.2 Å². The Labute approximate surface area is 168 Å². The van der Waals surface area contributed by atoms with Crippen molar-refractivity contribution in [2.24, 2.45) is 0 Å². The van der Waals surface area contributed by atoms with Crippen molar-refractivity contribution in [1.82, 2.24) is 24.6 Å². The van der Waals surface area contributed by atoms with Gasteiger partial charge in [-0.05, 0) is 44.6 Å². The highest BCUT2D eigenvalue weighted by molar-refractivity contribution is 6.04. The number of Topliss-reactive ketones (excluding diaryl/α,β-unsaturated/α-hetero) is 1. The van der Waals surface area contributed by atoms with Crippen molar-refractivity contribution in [2.45, 2.75) is 70.1 Å². The molecule has 4 heterocycles. The summed E-state index contributed by atoms with van der Waals surface area (Å²) < 4.78 is 8.46. The third kappa shape index (κ3) is 2.61. The Kier molecular flexibility index (Phi) is 3.60. The number of ether oxygens (including phenoxy) is 1. The maximum Gasteiger partial charge on any atom is 0.270 e. The van der Waals surface area contributed by atoms with E-state index in [1.807, 2.05) is 11.8 Å². The van der Waals surface area contributed by atoms with Gasteiger partial charge >= 0.3 is 0 Å². The summed E-state index contributed by atoms with van der Waals surface area (Å²) in [6, 6.07) is 0. The molecule has 2 aromatic heterocycles. The van der Waals surface area contributed by atoms with Crippen LogP contribution in [-0.2, 0) is 24.3 Å². The van der Waals surface area contributed by atoms with Gasteiger partial charge in [-0.1, -0.05) is 0 Å². The summed E-state index contributed by atoms with van der Waals surface area (Å²) in [7, 11) is 0. The Morgan fingerprint density at radius 3 is 2.90 bits per heavy atom. The van der Waals surface area contributed by atoms with Gasteiger partial charge in [0.15, 0.2) is 11.6 Å². The molecule has 0 radical (unpaired) electrons. The minimum atomic E-state index is -0.370. The van der Waals surface area contributed by atoms with Crippen LogP contribution >= 0.6 is 0 Å². The van der Waals surface area contributed by atoms with Gasteiger partial charge in [-0.3, -0.25) is 9.59 Å². The van der Waals surface area contributed by atoms with E-state index in [-0.39, 0.29) is 17.3 Å². The van der Waals surface area contributed by atoms with Crippen LogP contribution in [0.15, 0.2) is 0 Å². The van der Waals surface area contributed by atoms with E-state index in [4.69, 9.17) is 4.74 Å². The Balaban J connectivity index is 1.25. The summed E-state index contributed by atoms with van der Waals surface area (Å²) in [6.45, 7) is 4.27. The number of nitrogens with zero attached hydrogens (tertiary/aromatic N) is 4. The third-order valence-electron chi connectivity index (χ3n) is 7.01. The number of carbonyl (C=O) groups is 2. The molecule has 2 aromatic rings. The van der Waals surface area contributed by atoms with Crippen molar-refractivity contribution < 1.29 is 14.3 Å². The fourth-order valence-corrected chi connectivity index (χ4v) is 5.23. The molecule has 152 valence electrons. The van der Waals surface area contributed by atoms with E-state index in [0.29, 0.717) is 44.3 Å². The Hall–Kier alpha value is -2.48. The summed E-state index contributed by atoms with van der Waals surface area (Å²) in [5.41, 5.74) is 2.67. The number of aromatic amines is 1. The molecule has 2 fully saturated rings. The lowest BCUT2D eigenvalue weighted by Crippen LogP contribution is -2.45. The first kappa shape index (κ1) is 17.4. The normalized spacial score (nSPS) is 26.1. The number of hydrogen-bond donors (Lipinski definition) is 1. The first-order valence-corrected chi connectivity index (χ1v) is 10.6. The van der Waals surface area contributed by atoms with E-state index in [1.165, 1.54) is 12.8 Å². The van der Waals surface area contributed by atoms with Gasteiger partial charge in [0, 0.05) is 30.1 Å². The Morgan fingerprint density at radius 2 is 2.10 bits per heavy atom. The third-order valence-corrected chi connectivity index (χ3v) is 7.01. The first-order valence-electron chi connectivity index (χ1n) is 10.6. The number of aryl methyl sites for hydroxylation is 1. The van der Waals surface area contributed by atoms with Gasteiger partial charge in [0.1, 0.15) is 23.7 Å². The molecule has 0 bridgehead atoms. The van der Waals surface area contributed by atoms with E-state index in [1.54, 1.807) is 0 Å². The second-order valence-electron chi connectivity index (χ2n) is 9.04. The number of nitrogens with one attached hydrogen (secondary N) is 1. The minimum Gasteiger partial charge on any atom is -0.363 e. The molecule has 4 aliphatic rings. The standard InChI is InChI=1S/C21H25N5O3/c1-12-17-14(3-2-4-15(17)27)22-18(12)20(28)25-8-7-21(10-25)11-26-16(9-29-21)23-24-19(26)13-5-6-13/h13,22H,2-11H2,1H3. The lowest BCUT2D eigenvalue weighted by molar-refractivity contribution is -0.0815. The maximum absolute atomic E-state index is 13.3. The van der Waals surface area contributed by atoms with Crippen molar-refractivity contribution in [3.8, 4) is 0 Å². The highest BCUT2D eigenvalue weighted by Gasteiger charge is 2.46. The Morgan fingerprint density at radius 1 is 1.24 bits per heavy atom. The second kappa shape index (κ2) is 6.01. The van der Waals surface area contributed by atoms with Crippen molar-refractivity contribution in [1.29, 1.82) is 0 Å². The molecule has 1 saturated heterocycles. The van der Waals surface area contributed by atoms with Gasteiger partial charge in [-0.2, -0.15) is 0 Å². The summed E-state index contributed by atoms with van der Waals surface area (Å²) in [6.07, 6.45) is 5.44. The number of amides is 1. The molecule has 2 aliphatic heterocycles. The molecule has 6 rings (SSSR count). The number of rotatable bonds is 2. The van der Waals surface area contributed by atoms with Crippen LogP contribution < -0.4 is 0 Å². The molecule has 8 heteroatoms. The predicted molar refractivity (Wildman–Crippen MR) is 103 cm³/mol.